The zero-order chi connectivity index (χ0) is 13.0. The molecule has 0 unspecified atom stereocenters. The van der Waals surface area contributed by atoms with Gasteiger partial charge in [0.05, 0.1) is 6.54 Å². The summed E-state index contributed by atoms with van der Waals surface area (Å²) >= 11 is 0. The molecule has 1 aromatic carbocycles. The maximum atomic E-state index is 10.9. The lowest BCUT2D eigenvalue weighted by Crippen LogP contribution is -2.31. The lowest BCUT2D eigenvalue weighted by molar-refractivity contribution is -0.138. The molecule has 1 aromatic rings. The van der Waals surface area contributed by atoms with Crippen LogP contribution in [0.1, 0.15) is 30.9 Å². The van der Waals surface area contributed by atoms with Crippen LogP contribution in [0.4, 0.5) is 0 Å². The van der Waals surface area contributed by atoms with E-state index in [9.17, 15) is 4.79 Å². The van der Waals surface area contributed by atoms with Gasteiger partial charge in [0.15, 0.2) is 0 Å². The average Bonchev–Trinajstić information content (AvgIpc) is 3.13. The van der Waals surface area contributed by atoms with Gasteiger partial charge >= 0.3 is 5.97 Å². The van der Waals surface area contributed by atoms with Gasteiger partial charge in [-0.1, -0.05) is 31.2 Å². The van der Waals surface area contributed by atoms with Crippen molar-refractivity contribution in [2.24, 2.45) is 5.92 Å². The number of nitrogens with zero attached hydrogens (tertiary/aromatic N) is 1. The zero-order valence-electron chi connectivity index (χ0n) is 10.9. The van der Waals surface area contributed by atoms with Crippen LogP contribution < -0.4 is 0 Å². The molecular weight excluding hydrogens is 226 g/mol. The second-order valence-electron chi connectivity index (χ2n) is 5.18. The number of carboxylic acids is 1. The summed E-state index contributed by atoms with van der Waals surface area (Å²) in [4.78, 5) is 12.9. The Morgan fingerprint density at radius 1 is 1.28 bits per heavy atom. The monoisotopic (exact) mass is 247 g/mol. The molecule has 0 aromatic heterocycles. The summed E-state index contributed by atoms with van der Waals surface area (Å²) in [5.41, 5.74) is 2.53. The third kappa shape index (κ3) is 4.15. The first-order valence-electron chi connectivity index (χ1n) is 6.69. The van der Waals surface area contributed by atoms with Gasteiger partial charge in [-0.25, -0.2) is 0 Å². The van der Waals surface area contributed by atoms with Gasteiger partial charge in [0.1, 0.15) is 0 Å². The van der Waals surface area contributed by atoms with Crippen molar-refractivity contribution in [3.05, 3.63) is 35.4 Å². The SMILES string of the molecule is CCc1ccc(CN(CC(=O)O)CC2CC2)cc1. The van der Waals surface area contributed by atoms with Gasteiger partial charge in [0.25, 0.3) is 0 Å². The Hall–Kier alpha value is -1.35. The Bertz CT molecular complexity index is 395. The number of hydrogen-bond acceptors (Lipinski definition) is 2. The molecule has 0 spiro atoms. The van der Waals surface area contributed by atoms with Crippen LogP contribution in [0, 0.1) is 5.92 Å². The standard InChI is InChI=1S/C15H21NO2/c1-2-12-3-5-13(6-4-12)9-16(11-15(17)18)10-14-7-8-14/h3-6,14H,2,7-11H2,1H3,(H,17,18). The highest BCUT2D eigenvalue weighted by atomic mass is 16.4. The summed E-state index contributed by atoms with van der Waals surface area (Å²) in [5, 5.41) is 8.94. The molecule has 2 rings (SSSR count). The lowest BCUT2D eigenvalue weighted by atomic mass is 10.1. The predicted octanol–water partition coefficient (Wildman–Crippen LogP) is 2.55. The number of aryl methyl sites for hydroxylation is 1. The van der Waals surface area contributed by atoms with Gasteiger partial charge in [0.2, 0.25) is 0 Å². The topological polar surface area (TPSA) is 40.5 Å². The maximum absolute atomic E-state index is 10.9. The molecule has 1 N–H and O–H groups in total. The minimum atomic E-state index is -0.735. The number of rotatable bonds is 7. The van der Waals surface area contributed by atoms with Crippen LogP contribution in [0.5, 0.6) is 0 Å². The van der Waals surface area contributed by atoms with Crippen molar-refractivity contribution in [2.45, 2.75) is 32.7 Å². The molecule has 0 aliphatic heterocycles. The van der Waals surface area contributed by atoms with E-state index in [4.69, 9.17) is 5.11 Å². The number of aliphatic carboxylic acids is 1. The van der Waals surface area contributed by atoms with Crippen molar-refractivity contribution in [2.75, 3.05) is 13.1 Å². The largest absolute Gasteiger partial charge is 0.480 e. The Labute approximate surface area is 108 Å². The van der Waals surface area contributed by atoms with Crippen LogP contribution in [0.2, 0.25) is 0 Å². The van der Waals surface area contributed by atoms with Gasteiger partial charge in [-0.15, -0.1) is 0 Å². The van der Waals surface area contributed by atoms with E-state index in [1.54, 1.807) is 0 Å². The Morgan fingerprint density at radius 2 is 1.89 bits per heavy atom. The maximum Gasteiger partial charge on any atom is 0.317 e. The van der Waals surface area contributed by atoms with E-state index in [0.29, 0.717) is 0 Å². The molecule has 0 radical (unpaired) electrons. The van der Waals surface area contributed by atoms with Crippen molar-refractivity contribution in [3.63, 3.8) is 0 Å². The third-order valence-electron chi connectivity index (χ3n) is 3.41. The Balaban J connectivity index is 1.94. The van der Waals surface area contributed by atoms with Crippen LogP contribution in [-0.4, -0.2) is 29.1 Å². The Morgan fingerprint density at radius 3 is 2.39 bits per heavy atom. The van der Waals surface area contributed by atoms with Gasteiger partial charge in [-0.2, -0.15) is 0 Å². The summed E-state index contributed by atoms with van der Waals surface area (Å²) in [7, 11) is 0. The number of carbonyl (C=O) groups is 1. The molecule has 0 saturated heterocycles. The van der Waals surface area contributed by atoms with Crippen molar-refractivity contribution < 1.29 is 9.90 Å². The minimum Gasteiger partial charge on any atom is -0.480 e. The molecular formula is C15H21NO2. The smallest absolute Gasteiger partial charge is 0.317 e. The second-order valence-corrected chi connectivity index (χ2v) is 5.18. The van der Waals surface area contributed by atoms with Crippen LogP contribution in [-0.2, 0) is 17.8 Å². The predicted molar refractivity (Wildman–Crippen MR) is 71.5 cm³/mol. The second kappa shape index (κ2) is 6.01. The lowest BCUT2D eigenvalue weighted by Gasteiger charge is -2.20. The molecule has 0 bridgehead atoms. The van der Waals surface area contributed by atoms with Gasteiger partial charge in [0, 0.05) is 13.1 Å². The summed E-state index contributed by atoms with van der Waals surface area (Å²) in [6, 6.07) is 8.48. The average molecular weight is 247 g/mol. The fourth-order valence-corrected chi connectivity index (χ4v) is 2.18. The van der Waals surface area contributed by atoms with Crippen LogP contribution in [0.15, 0.2) is 24.3 Å². The summed E-state index contributed by atoms with van der Waals surface area (Å²) < 4.78 is 0. The highest BCUT2D eigenvalue weighted by Gasteiger charge is 2.25. The van der Waals surface area contributed by atoms with Gasteiger partial charge in [-0.05, 0) is 36.3 Å². The summed E-state index contributed by atoms with van der Waals surface area (Å²) in [6.07, 6.45) is 3.55. The Kier molecular flexibility index (Phi) is 4.37. The fourth-order valence-electron chi connectivity index (χ4n) is 2.18. The van der Waals surface area contributed by atoms with Crippen LogP contribution >= 0.6 is 0 Å². The van der Waals surface area contributed by atoms with Gasteiger partial charge < -0.3 is 5.11 Å². The number of hydrogen-bond donors (Lipinski definition) is 1. The highest BCUT2D eigenvalue weighted by Crippen LogP contribution is 2.30. The quantitative estimate of drug-likeness (QED) is 0.805. The molecule has 3 heteroatoms. The molecule has 1 saturated carbocycles. The molecule has 98 valence electrons. The molecule has 18 heavy (non-hydrogen) atoms. The highest BCUT2D eigenvalue weighted by molar-refractivity contribution is 5.69. The van der Waals surface area contributed by atoms with E-state index in [0.717, 1.165) is 25.4 Å². The van der Waals surface area contributed by atoms with Crippen LogP contribution in [0.25, 0.3) is 0 Å². The van der Waals surface area contributed by atoms with E-state index in [1.807, 2.05) is 4.90 Å². The minimum absolute atomic E-state index is 0.145. The van der Waals surface area contributed by atoms with Crippen molar-refractivity contribution in [3.8, 4) is 0 Å². The molecule has 0 atom stereocenters. The first-order chi connectivity index (χ1) is 8.67. The molecule has 0 amide bonds. The molecule has 1 aliphatic carbocycles. The van der Waals surface area contributed by atoms with E-state index in [1.165, 1.54) is 24.0 Å². The van der Waals surface area contributed by atoms with Crippen molar-refractivity contribution in [1.82, 2.24) is 4.90 Å². The number of carboxylic acid groups (broad SMARTS) is 1. The normalized spacial score (nSPS) is 15.0. The summed E-state index contributed by atoms with van der Waals surface area (Å²) in [5.74, 6) is -0.0138. The third-order valence-corrected chi connectivity index (χ3v) is 3.41. The van der Waals surface area contributed by atoms with Crippen LogP contribution in [0.3, 0.4) is 0 Å². The van der Waals surface area contributed by atoms with Crippen molar-refractivity contribution >= 4 is 5.97 Å². The molecule has 0 heterocycles. The first kappa shape index (κ1) is 13.1. The number of benzene rings is 1. The van der Waals surface area contributed by atoms with E-state index in [2.05, 4.69) is 31.2 Å². The zero-order valence-corrected chi connectivity index (χ0v) is 10.9. The van der Waals surface area contributed by atoms with Crippen molar-refractivity contribution in [1.29, 1.82) is 0 Å². The first-order valence-corrected chi connectivity index (χ1v) is 6.69. The molecule has 1 fully saturated rings. The van der Waals surface area contributed by atoms with E-state index < -0.39 is 5.97 Å². The van der Waals surface area contributed by atoms with E-state index >= 15 is 0 Å². The van der Waals surface area contributed by atoms with Gasteiger partial charge in [-0.3, -0.25) is 9.69 Å². The fraction of sp³-hybridized carbons (Fsp3) is 0.533. The molecule has 1 aliphatic rings. The summed E-state index contributed by atoms with van der Waals surface area (Å²) in [6.45, 7) is 3.94. The van der Waals surface area contributed by atoms with E-state index in [-0.39, 0.29) is 6.54 Å². The molecule has 3 nitrogen and oxygen atoms in total.